The van der Waals surface area contributed by atoms with E-state index in [-0.39, 0.29) is 0 Å². The van der Waals surface area contributed by atoms with Crippen LogP contribution in [0.5, 0.6) is 0 Å². The minimum Gasteiger partial charge on any atom is -0.316 e. The summed E-state index contributed by atoms with van der Waals surface area (Å²) in [6.45, 7) is 6.59. The number of benzene rings is 1. The van der Waals surface area contributed by atoms with Crippen LogP contribution in [0.1, 0.15) is 25.8 Å². The normalized spacial score (nSPS) is 11.5. The van der Waals surface area contributed by atoms with E-state index >= 15 is 0 Å². The van der Waals surface area contributed by atoms with Gasteiger partial charge in [-0.2, -0.15) is 0 Å². The largest absolute Gasteiger partial charge is 0.316 e. The Balaban J connectivity index is 2.16. The zero-order chi connectivity index (χ0) is 12.5. The highest BCUT2D eigenvalue weighted by Gasteiger charge is 1.95. The Morgan fingerprint density at radius 2 is 2.00 bits per heavy atom. The maximum Gasteiger partial charge on any atom is 0.0441 e. The maximum atomic E-state index is 6.08. The van der Waals surface area contributed by atoms with Crippen molar-refractivity contribution in [1.82, 2.24) is 5.32 Å². The lowest BCUT2D eigenvalue weighted by Gasteiger charge is -2.04. The summed E-state index contributed by atoms with van der Waals surface area (Å²) in [5.74, 6) is 0.724. The first kappa shape index (κ1) is 14.3. The summed E-state index contributed by atoms with van der Waals surface area (Å²) in [5.41, 5.74) is 1.19. The van der Waals surface area contributed by atoms with Gasteiger partial charge in [-0.05, 0) is 43.5 Å². The highest BCUT2D eigenvalue weighted by molar-refractivity contribution is 6.31. The minimum atomic E-state index is 0.724. The summed E-state index contributed by atoms with van der Waals surface area (Å²) >= 11 is 6.08. The predicted molar refractivity (Wildman–Crippen MR) is 76.6 cm³/mol. The van der Waals surface area contributed by atoms with Gasteiger partial charge in [0.05, 0.1) is 0 Å². The summed E-state index contributed by atoms with van der Waals surface area (Å²) in [6.07, 6.45) is 6.41. The molecule has 2 heteroatoms. The van der Waals surface area contributed by atoms with E-state index < -0.39 is 0 Å². The van der Waals surface area contributed by atoms with Crippen molar-refractivity contribution in [3.05, 3.63) is 47.0 Å². The van der Waals surface area contributed by atoms with Gasteiger partial charge in [0, 0.05) is 5.02 Å². The van der Waals surface area contributed by atoms with Crippen LogP contribution in [-0.2, 0) is 6.42 Å². The Morgan fingerprint density at radius 3 is 2.71 bits per heavy atom. The molecule has 0 aromatic heterocycles. The van der Waals surface area contributed by atoms with Gasteiger partial charge in [0.2, 0.25) is 0 Å². The quantitative estimate of drug-likeness (QED) is 0.569. The van der Waals surface area contributed by atoms with Crippen molar-refractivity contribution in [2.24, 2.45) is 5.92 Å². The molecule has 0 saturated heterocycles. The summed E-state index contributed by atoms with van der Waals surface area (Å²) in [6, 6.07) is 8.00. The molecule has 17 heavy (non-hydrogen) atoms. The first-order valence-corrected chi connectivity index (χ1v) is 6.67. The van der Waals surface area contributed by atoms with Crippen molar-refractivity contribution in [2.75, 3.05) is 13.1 Å². The fourth-order valence-corrected chi connectivity index (χ4v) is 1.78. The zero-order valence-corrected chi connectivity index (χ0v) is 11.5. The molecule has 0 radical (unpaired) electrons. The molecule has 0 spiro atoms. The lowest BCUT2D eigenvalue weighted by Crippen LogP contribution is -2.20. The summed E-state index contributed by atoms with van der Waals surface area (Å²) in [4.78, 5) is 0. The van der Waals surface area contributed by atoms with Gasteiger partial charge in [-0.1, -0.05) is 55.8 Å². The van der Waals surface area contributed by atoms with Crippen LogP contribution >= 0.6 is 11.6 Å². The molecule has 0 amide bonds. The SMILES string of the molecule is CC(C)CNCCC=CCc1ccccc1Cl. The fraction of sp³-hybridized carbons (Fsp3) is 0.467. The molecule has 94 valence electrons. The molecule has 1 nitrogen and oxygen atoms in total. The third-order valence-electron chi connectivity index (χ3n) is 2.50. The van der Waals surface area contributed by atoms with Gasteiger partial charge in [0.25, 0.3) is 0 Å². The maximum absolute atomic E-state index is 6.08. The van der Waals surface area contributed by atoms with Crippen LogP contribution in [0.4, 0.5) is 0 Å². The van der Waals surface area contributed by atoms with Crippen molar-refractivity contribution in [3.8, 4) is 0 Å². The van der Waals surface area contributed by atoms with Crippen LogP contribution in [0.25, 0.3) is 0 Å². The molecule has 0 heterocycles. The number of nitrogens with one attached hydrogen (secondary N) is 1. The molecule has 0 aliphatic carbocycles. The molecule has 0 aliphatic heterocycles. The van der Waals surface area contributed by atoms with E-state index in [1.54, 1.807) is 0 Å². The van der Waals surface area contributed by atoms with Crippen molar-refractivity contribution in [1.29, 1.82) is 0 Å². The molecule has 0 bridgehead atoms. The zero-order valence-electron chi connectivity index (χ0n) is 10.7. The monoisotopic (exact) mass is 251 g/mol. The standard InChI is InChI=1S/C15H22ClN/c1-13(2)12-17-11-7-3-4-8-14-9-5-6-10-15(14)16/h3-6,9-10,13,17H,7-8,11-12H2,1-2H3. The van der Waals surface area contributed by atoms with Gasteiger partial charge in [-0.25, -0.2) is 0 Å². The molecular weight excluding hydrogens is 230 g/mol. The van der Waals surface area contributed by atoms with Gasteiger partial charge in [-0.3, -0.25) is 0 Å². The lowest BCUT2D eigenvalue weighted by atomic mass is 10.1. The van der Waals surface area contributed by atoms with Crippen LogP contribution < -0.4 is 5.32 Å². The summed E-state index contributed by atoms with van der Waals surface area (Å²) < 4.78 is 0. The fourth-order valence-electron chi connectivity index (χ4n) is 1.57. The van der Waals surface area contributed by atoms with E-state index in [0.29, 0.717) is 0 Å². The van der Waals surface area contributed by atoms with E-state index in [0.717, 1.165) is 36.9 Å². The van der Waals surface area contributed by atoms with E-state index in [2.05, 4.69) is 37.4 Å². The number of rotatable bonds is 7. The van der Waals surface area contributed by atoms with Crippen molar-refractivity contribution in [2.45, 2.75) is 26.7 Å². The first-order valence-electron chi connectivity index (χ1n) is 6.29. The number of allylic oxidation sites excluding steroid dienone is 1. The summed E-state index contributed by atoms with van der Waals surface area (Å²) in [5, 5.41) is 4.27. The first-order chi connectivity index (χ1) is 8.20. The van der Waals surface area contributed by atoms with Crippen molar-refractivity contribution < 1.29 is 0 Å². The van der Waals surface area contributed by atoms with Gasteiger partial charge >= 0.3 is 0 Å². The molecule has 1 N–H and O–H groups in total. The molecular formula is C15H22ClN. The van der Waals surface area contributed by atoms with Crippen LogP contribution in [0, 0.1) is 5.92 Å². The van der Waals surface area contributed by atoms with Gasteiger partial charge in [-0.15, -0.1) is 0 Å². The van der Waals surface area contributed by atoms with Gasteiger partial charge in [0.15, 0.2) is 0 Å². The highest BCUT2D eigenvalue weighted by Crippen LogP contribution is 2.15. The minimum absolute atomic E-state index is 0.724. The molecule has 0 aliphatic rings. The molecule has 0 fully saturated rings. The average Bonchev–Trinajstić information content (AvgIpc) is 2.30. The number of halogens is 1. The smallest absolute Gasteiger partial charge is 0.0441 e. The molecule has 1 aromatic carbocycles. The van der Waals surface area contributed by atoms with E-state index in [4.69, 9.17) is 11.6 Å². The second-order valence-electron chi connectivity index (χ2n) is 4.65. The van der Waals surface area contributed by atoms with Crippen molar-refractivity contribution in [3.63, 3.8) is 0 Å². The predicted octanol–water partition coefficient (Wildman–Crippen LogP) is 4.07. The molecule has 1 aromatic rings. The Labute approximate surface area is 110 Å². The average molecular weight is 252 g/mol. The Bertz CT molecular complexity index is 345. The molecule has 0 unspecified atom stereocenters. The van der Waals surface area contributed by atoms with Crippen molar-refractivity contribution >= 4 is 11.6 Å². The third kappa shape index (κ3) is 6.50. The molecule has 0 saturated carbocycles. The van der Waals surface area contributed by atoms with E-state index in [9.17, 15) is 0 Å². The highest BCUT2D eigenvalue weighted by atomic mass is 35.5. The van der Waals surface area contributed by atoms with Gasteiger partial charge in [0.1, 0.15) is 0 Å². The number of hydrogen-bond donors (Lipinski definition) is 1. The van der Waals surface area contributed by atoms with E-state index in [1.165, 1.54) is 5.56 Å². The lowest BCUT2D eigenvalue weighted by molar-refractivity contribution is 0.556. The second kappa shape index (κ2) is 8.32. The van der Waals surface area contributed by atoms with Crippen LogP contribution in [-0.4, -0.2) is 13.1 Å². The Hall–Kier alpha value is -0.790. The van der Waals surface area contributed by atoms with Crippen LogP contribution in [0.15, 0.2) is 36.4 Å². The van der Waals surface area contributed by atoms with Gasteiger partial charge < -0.3 is 5.32 Å². The van der Waals surface area contributed by atoms with E-state index in [1.807, 2.05) is 18.2 Å². The Morgan fingerprint density at radius 1 is 1.24 bits per heavy atom. The molecule has 0 atom stereocenters. The van der Waals surface area contributed by atoms with Crippen LogP contribution in [0.3, 0.4) is 0 Å². The second-order valence-corrected chi connectivity index (χ2v) is 5.06. The topological polar surface area (TPSA) is 12.0 Å². The number of hydrogen-bond acceptors (Lipinski definition) is 1. The molecule has 1 rings (SSSR count). The third-order valence-corrected chi connectivity index (χ3v) is 2.87. The van der Waals surface area contributed by atoms with Crippen LogP contribution in [0.2, 0.25) is 5.02 Å². The summed E-state index contributed by atoms with van der Waals surface area (Å²) in [7, 11) is 0. The Kier molecular flexibility index (Phi) is 6.99.